The topological polar surface area (TPSA) is 73.0 Å². The van der Waals surface area contributed by atoms with Crippen molar-refractivity contribution in [1.29, 1.82) is 0 Å². The Balaban J connectivity index is 0.00000280. The summed E-state index contributed by atoms with van der Waals surface area (Å²) < 4.78 is 0. The molecule has 2 aliphatic heterocycles. The van der Waals surface area contributed by atoms with Crippen LogP contribution in [0.3, 0.4) is 0 Å². The average molecular weight is 501 g/mol. The molecule has 0 saturated carbocycles. The van der Waals surface area contributed by atoms with Crippen molar-refractivity contribution in [2.75, 3.05) is 57.3 Å². The summed E-state index contributed by atoms with van der Waals surface area (Å²) in [6, 6.07) is 4.80. The lowest BCUT2D eigenvalue weighted by atomic mass is 10.2. The molecule has 1 unspecified atom stereocenters. The lowest BCUT2D eigenvalue weighted by molar-refractivity contribution is 0.267. The number of guanidine groups is 1. The van der Waals surface area contributed by atoms with Crippen LogP contribution in [0.15, 0.2) is 23.3 Å². The first-order valence-corrected chi connectivity index (χ1v) is 10.4. The number of aromatic nitrogens is 1. The van der Waals surface area contributed by atoms with Crippen LogP contribution in [0.25, 0.3) is 0 Å². The first-order chi connectivity index (χ1) is 13.2. The Hall–Kier alpha value is -1.13. The lowest BCUT2D eigenvalue weighted by Gasteiger charge is -2.34. The number of hydrogen-bond donors (Lipinski definition) is 2. The smallest absolute Gasteiger partial charge is 0.188 e. The second-order valence-electron chi connectivity index (χ2n) is 7.45. The fourth-order valence-corrected chi connectivity index (χ4v) is 3.99. The van der Waals surface area contributed by atoms with E-state index in [1.165, 1.54) is 19.4 Å². The Labute approximate surface area is 186 Å². The van der Waals surface area contributed by atoms with Gasteiger partial charge in [-0.15, -0.1) is 24.0 Å². The van der Waals surface area contributed by atoms with Crippen LogP contribution in [0, 0.1) is 0 Å². The van der Waals surface area contributed by atoms with Crippen molar-refractivity contribution in [3.8, 4) is 0 Å². The van der Waals surface area contributed by atoms with Crippen LogP contribution in [0.5, 0.6) is 0 Å². The minimum atomic E-state index is 0. The van der Waals surface area contributed by atoms with Crippen molar-refractivity contribution < 1.29 is 0 Å². The molecule has 1 aromatic heterocycles. The van der Waals surface area contributed by atoms with E-state index in [2.05, 4.69) is 56.0 Å². The number of aliphatic imine (C=N–C) groups is 1. The molecule has 3 rings (SSSR count). The lowest BCUT2D eigenvalue weighted by Crippen LogP contribution is -2.46. The van der Waals surface area contributed by atoms with Gasteiger partial charge in [0.2, 0.25) is 0 Å². The number of rotatable bonds is 7. The number of hydrogen-bond acceptors (Lipinski definition) is 5. The van der Waals surface area contributed by atoms with E-state index < -0.39 is 0 Å². The molecule has 2 fully saturated rings. The molecule has 7 nitrogen and oxygen atoms in total. The zero-order valence-electron chi connectivity index (χ0n) is 17.3. The first-order valence-electron chi connectivity index (χ1n) is 10.4. The van der Waals surface area contributed by atoms with Gasteiger partial charge in [-0.1, -0.05) is 19.9 Å². The molecule has 2 aliphatic rings. The van der Waals surface area contributed by atoms with Gasteiger partial charge in [-0.2, -0.15) is 0 Å². The van der Waals surface area contributed by atoms with Gasteiger partial charge in [0.05, 0.1) is 6.54 Å². The Morgan fingerprint density at radius 1 is 1.18 bits per heavy atom. The summed E-state index contributed by atoms with van der Waals surface area (Å²) in [5.41, 5.74) is 7.14. The third-order valence-electron chi connectivity index (χ3n) is 5.81. The number of nitrogens with zero attached hydrogens (tertiary/aromatic N) is 5. The maximum absolute atomic E-state index is 6.05. The van der Waals surface area contributed by atoms with Gasteiger partial charge in [-0.3, -0.25) is 4.90 Å². The summed E-state index contributed by atoms with van der Waals surface area (Å²) in [4.78, 5) is 16.4. The molecule has 158 valence electrons. The van der Waals surface area contributed by atoms with Crippen molar-refractivity contribution in [2.24, 2.45) is 10.7 Å². The SMILES string of the molecule is CCN1CCN(c2ccc(CN=C(N)NCC3CCCN3CC)cn2)CC1.I. The van der Waals surface area contributed by atoms with E-state index in [0.29, 0.717) is 18.5 Å². The maximum Gasteiger partial charge on any atom is 0.188 e. The second-order valence-corrected chi connectivity index (χ2v) is 7.45. The highest BCUT2D eigenvalue weighted by Crippen LogP contribution is 2.16. The molecular weight excluding hydrogens is 465 g/mol. The standard InChI is InChI=1S/C20H35N7.HI/c1-3-25-10-12-27(13-11-25)19-8-7-17(14-22-19)15-23-20(21)24-16-18-6-5-9-26(18)4-2;/h7-8,14,18H,3-6,9-13,15-16H2,1-2H3,(H3,21,23,24);1H. The molecule has 1 aromatic rings. The number of pyridine rings is 1. The van der Waals surface area contributed by atoms with Gasteiger partial charge in [0.25, 0.3) is 0 Å². The molecule has 1 atom stereocenters. The van der Waals surface area contributed by atoms with Crippen LogP contribution in [0.1, 0.15) is 32.3 Å². The summed E-state index contributed by atoms with van der Waals surface area (Å²) in [5.74, 6) is 1.59. The van der Waals surface area contributed by atoms with Gasteiger partial charge in [-0.25, -0.2) is 9.98 Å². The molecule has 0 aliphatic carbocycles. The monoisotopic (exact) mass is 501 g/mol. The zero-order chi connectivity index (χ0) is 19.1. The van der Waals surface area contributed by atoms with Crippen molar-refractivity contribution in [2.45, 2.75) is 39.3 Å². The van der Waals surface area contributed by atoms with Gasteiger partial charge in [0.15, 0.2) is 5.96 Å². The van der Waals surface area contributed by atoms with E-state index in [-0.39, 0.29) is 24.0 Å². The third-order valence-corrected chi connectivity index (χ3v) is 5.81. The van der Waals surface area contributed by atoms with E-state index in [9.17, 15) is 0 Å². The maximum atomic E-state index is 6.05. The number of nitrogens with one attached hydrogen (secondary N) is 1. The van der Waals surface area contributed by atoms with E-state index in [4.69, 9.17) is 5.73 Å². The second kappa shape index (κ2) is 11.8. The molecule has 0 radical (unpaired) electrons. The quantitative estimate of drug-likeness (QED) is 0.337. The van der Waals surface area contributed by atoms with Crippen molar-refractivity contribution >= 4 is 35.8 Å². The first kappa shape index (κ1) is 23.2. The predicted octanol–water partition coefficient (Wildman–Crippen LogP) is 1.73. The summed E-state index contributed by atoms with van der Waals surface area (Å²) in [6.45, 7) is 13.6. The van der Waals surface area contributed by atoms with E-state index in [1.807, 2.05) is 6.20 Å². The average Bonchev–Trinajstić information content (AvgIpc) is 3.19. The fraction of sp³-hybridized carbons (Fsp3) is 0.700. The zero-order valence-corrected chi connectivity index (χ0v) is 19.6. The molecule has 28 heavy (non-hydrogen) atoms. The number of halogens is 1. The van der Waals surface area contributed by atoms with Gasteiger partial charge < -0.3 is 20.9 Å². The minimum Gasteiger partial charge on any atom is -0.370 e. The van der Waals surface area contributed by atoms with Gasteiger partial charge in [-0.05, 0) is 44.1 Å². The predicted molar refractivity (Wildman–Crippen MR) is 128 cm³/mol. The van der Waals surface area contributed by atoms with Crippen LogP contribution in [-0.4, -0.2) is 79.1 Å². The Morgan fingerprint density at radius 2 is 1.96 bits per heavy atom. The number of nitrogens with two attached hydrogens (primary N) is 1. The number of anilines is 1. The highest BCUT2D eigenvalue weighted by atomic mass is 127. The number of piperazine rings is 1. The summed E-state index contributed by atoms with van der Waals surface area (Å²) in [5, 5.41) is 3.28. The summed E-state index contributed by atoms with van der Waals surface area (Å²) in [7, 11) is 0. The molecular formula is C20H36IN7. The van der Waals surface area contributed by atoms with Crippen molar-refractivity contribution in [3.05, 3.63) is 23.9 Å². The van der Waals surface area contributed by atoms with Crippen molar-refractivity contribution in [1.82, 2.24) is 20.1 Å². The minimum absolute atomic E-state index is 0. The Kier molecular flexibility index (Phi) is 9.73. The molecule has 2 saturated heterocycles. The van der Waals surface area contributed by atoms with Crippen LogP contribution in [-0.2, 0) is 6.54 Å². The normalized spacial score (nSPS) is 21.6. The molecule has 0 bridgehead atoms. The van der Waals surface area contributed by atoms with Gasteiger partial charge in [0, 0.05) is 45.0 Å². The Morgan fingerprint density at radius 3 is 2.61 bits per heavy atom. The van der Waals surface area contributed by atoms with Gasteiger partial charge in [0.1, 0.15) is 5.82 Å². The third kappa shape index (κ3) is 6.45. The van der Waals surface area contributed by atoms with E-state index >= 15 is 0 Å². The number of likely N-dealkylation sites (N-methyl/N-ethyl adjacent to an activating group) is 2. The highest BCUT2D eigenvalue weighted by molar-refractivity contribution is 14.0. The summed E-state index contributed by atoms with van der Waals surface area (Å²) in [6.07, 6.45) is 4.45. The number of likely N-dealkylation sites (tertiary alicyclic amines) is 1. The molecule has 0 amide bonds. The largest absolute Gasteiger partial charge is 0.370 e. The molecule has 0 aromatic carbocycles. The molecule has 0 spiro atoms. The van der Waals surface area contributed by atoms with E-state index in [1.54, 1.807) is 0 Å². The van der Waals surface area contributed by atoms with Crippen LogP contribution in [0.4, 0.5) is 5.82 Å². The Bertz CT molecular complexity index is 599. The van der Waals surface area contributed by atoms with Gasteiger partial charge >= 0.3 is 0 Å². The van der Waals surface area contributed by atoms with Crippen LogP contribution >= 0.6 is 24.0 Å². The molecule has 3 heterocycles. The summed E-state index contributed by atoms with van der Waals surface area (Å²) >= 11 is 0. The fourth-order valence-electron chi connectivity index (χ4n) is 3.99. The molecule has 3 N–H and O–H groups in total. The van der Waals surface area contributed by atoms with Crippen LogP contribution < -0.4 is 16.0 Å². The van der Waals surface area contributed by atoms with E-state index in [0.717, 1.165) is 57.2 Å². The van der Waals surface area contributed by atoms with Crippen LogP contribution in [0.2, 0.25) is 0 Å². The highest BCUT2D eigenvalue weighted by Gasteiger charge is 2.22. The molecule has 8 heteroatoms. The van der Waals surface area contributed by atoms with Crippen molar-refractivity contribution in [3.63, 3.8) is 0 Å².